The lowest BCUT2D eigenvalue weighted by atomic mass is 10.1. The summed E-state index contributed by atoms with van der Waals surface area (Å²) in [7, 11) is 0.225. The number of nitrogens with zero attached hydrogens (tertiary/aromatic N) is 1. The molecular formula is C26H30N2O6S. The van der Waals surface area contributed by atoms with Crippen molar-refractivity contribution in [1.29, 1.82) is 0 Å². The van der Waals surface area contributed by atoms with E-state index >= 15 is 0 Å². The number of amides is 1. The van der Waals surface area contributed by atoms with E-state index in [1.807, 2.05) is 19.9 Å². The van der Waals surface area contributed by atoms with E-state index in [-0.39, 0.29) is 10.6 Å². The monoisotopic (exact) mass is 498 g/mol. The van der Waals surface area contributed by atoms with Crippen molar-refractivity contribution < 1.29 is 27.4 Å². The van der Waals surface area contributed by atoms with Gasteiger partial charge < -0.3 is 19.5 Å². The molecule has 0 aliphatic carbocycles. The Morgan fingerprint density at radius 3 is 2.14 bits per heavy atom. The van der Waals surface area contributed by atoms with Crippen molar-refractivity contribution in [1.82, 2.24) is 0 Å². The molecule has 0 aliphatic heterocycles. The Bertz CT molecular complexity index is 1340. The van der Waals surface area contributed by atoms with Gasteiger partial charge in [0, 0.05) is 6.07 Å². The van der Waals surface area contributed by atoms with Crippen LogP contribution in [0, 0.1) is 20.8 Å². The van der Waals surface area contributed by atoms with Gasteiger partial charge >= 0.3 is 0 Å². The highest BCUT2D eigenvalue weighted by atomic mass is 32.2. The normalized spacial score (nSPS) is 11.0. The third-order valence-corrected chi connectivity index (χ3v) is 7.43. The third kappa shape index (κ3) is 5.68. The molecule has 186 valence electrons. The highest BCUT2D eigenvalue weighted by Crippen LogP contribution is 2.33. The van der Waals surface area contributed by atoms with Crippen LogP contribution in [0.4, 0.5) is 11.4 Å². The Morgan fingerprint density at radius 2 is 1.51 bits per heavy atom. The van der Waals surface area contributed by atoms with Crippen molar-refractivity contribution in [3.05, 3.63) is 71.3 Å². The Kier molecular flexibility index (Phi) is 7.91. The zero-order valence-corrected chi connectivity index (χ0v) is 21.5. The van der Waals surface area contributed by atoms with Gasteiger partial charge in [-0.3, -0.25) is 9.10 Å². The molecule has 0 bridgehead atoms. The molecule has 3 aromatic carbocycles. The number of hydrogen-bond donors (Lipinski definition) is 1. The second-order valence-electron chi connectivity index (χ2n) is 8.05. The van der Waals surface area contributed by atoms with Crippen molar-refractivity contribution in [2.45, 2.75) is 25.7 Å². The lowest BCUT2D eigenvalue weighted by Gasteiger charge is -2.26. The maximum absolute atomic E-state index is 13.9. The van der Waals surface area contributed by atoms with Crippen LogP contribution in [-0.4, -0.2) is 42.2 Å². The fourth-order valence-electron chi connectivity index (χ4n) is 3.53. The number of benzene rings is 3. The molecule has 3 rings (SSSR count). The van der Waals surface area contributed by atoms with Crippen molar-refractivity contribution in [2.75, 3.05) is 37.5 Å². The predicted octanol–water partition coefficient (Wildman–Crippen LogP) is 4.47. The predicted molar refractivity (Wildman–Crippen MR) is 136 cm³/mol. The van der Waals surface area contributed by atoms with Crippen LogP contribution in [0.15, 0.2) is 59.5 Å². The lowest BCUT2D eigenvalue weighted by molar-refractivity contribution is -0.114. The van der Waals surface area contributed by atoms with Gasteiger partial charge in [-0.25, -0.2) is 8.42 Å². The van der Waals surface area contributed by atoms with Gasteiger partial charge in [-0.2, -0.15) is 0 Å². The maximum atomic E-state index is 13.9. The standard InChI is InChI=1S/C26H30N2O6S/c1-17-7-11-24(34-6)25(13-17)35(30,31)28(20-9-8-18(2)19(3)14-20)16-26(29)27-22-15-21(32-4)10-12-23(22)33-5/h7-15H,16H2,1-6H3,(H,27,29). The van der Waals surface area contributed by atoms with E-state index in [0.29, 0.717) is 22.9 Å². The lowest BCUT2D eigenvalue weighted by Crippen LogP contribution is -2.38. The summed E-state index contributed by atoms with van der Waals surface area (Å²) >= 11 is 0. The molecule has 1 N–H and O–H groups in total. The number of nitrogens with one attached hydrogen (secondary N) is 1. The summed E-state index contributed by atoms with van der Waals surface area (Å²) in [5.74, 6) is 0.577. The van der Waals surface area contributed by atoms with Gasteiger partial charge in [-0.1, -0.05) is 12.1 Å². The molecule has 0 aromatic heterocycles. The van der Waals surface area contributed by atoms with Gasteiger partial charge in [0.2, 0.25) is 5.91 Å². The quantitative estimate of drug-likeness (QED) is 0.468. The van der Waals surface area contributed by atoms with Crippen LogP contribution >= 0.6 is 0 Å². The Balaban J connectivity index is 2.06. The van der Waals surface area contributed by atoms with E-state index in [1.165, 1.54) is 27.4 Å². The minimum atomic E-state index is -4.17. The highest BCUT2D eigenvalue weighted by molar-refractivity contribution is 7.93. The van der Waals surface area contributed by atoms with Gasteiger partial charge in [0.05, 0.1) is 32.7 Å². The maximum Gasteiger partial charge on any atom is 0.268 e. The zero-order chi connectivity index (χ0) is 25.8. The molecule has 0 atom stereocenters. The van der Waals surface area contributed by atoms with Crippen molar-refractivity contribution >= 4 is 27.3 Å². The van der Waals surface area contributed by atoms with Crippen LogP contribution in [0.2, 0.25) is 0 Å². The summed E-state index contributed by atoms with van der Waals surface area (Å²) in [5.41, 5.74) is 3.38. The van der Waals surface area contributed by atoms with Crippen LogP contribution in [0.5, 0.6) is 17.2 Å². The summed E-state index contributed by atoms with van der Waals surface area (Å²) in [6.45, 7) is 5.14. The van der Waals surface area contributed by atoms with E-state index in [9.17, 15) is 13.2 Å². The summed E-state index contributed by atoms with van der Waals surface area (Å²) in [4.78, 5) is 13.1. The largest absolute Gasteiger partial charge is 0.497 e. The number of anilines is 2. The average Bonchev–Trinajstić information content (AvgIpc) is 2.84. The Morgan fingerprint density at radius 1 is 0.829 bits per heavy atom. The van der Waals surface area contributed by atoms with Crippen LogP contribution in [-0.2, 0) is 14.8 Å². The first-order valence-electron chi connectivity index (χ1n) is 10.9. The van der Waals surface area contributed by atoms with Gasteiger partial charge in [0.15, 0.2) is 0 Å². The number of carbonyl (C=O) groups is 1. The second kappa shape index (κ2) is 10.7. The second-order valence-corrected chi connectivity index (χ2v) is 9.88. The molecule has 9 heteroatoms. The first kappa shape index (κ1) is 25.9. The van der Waals surface area contributed by atoms with Crippen LogP contribution in [0.25, 0.3) is 0 Å². The number of ether oxygens (including phenoxy) is 3. The zero-order valence-electron chi connectivity index (χ0n) is 20.7. The fraction of sp³-hybridized carbons (Fsp3) is 0.269. The van der Waals surface area contributed by atoms with Gasteiger partial charge in [0.1, 0.15) is 28.7 Å². The van der Waals surface area contributed by atoms with Gasteiger partial charge in [-0.05, 0) is 73.9 Å². The molecule has 1 amide bonds. The minimum Gasteiger partial charge on any atom is -0.497 e. The van der Waals surface area contributed by atoms with E-state index < -0.39 is 22.5 Å². The number of rotatable bonds is 9. The molecule has 0 saturated carbocycles. The van der Waals surface area contributed by atoms with Crippen molar-refractivity contribution in [3.8, 4) is 17.2 Å². The van der Waals surface area contributed by atoms with E-state index in [4.69, 9.17) is 14.2 Å². The average molecular weight is 499 g/mol. The highest BCUT2D eigenvalue weighted by Gasteiger charge is 2.30. The number of hydrogen-bond acceptors (Lipinski definition) is 6. The van der Waals surface area contributed by atoms with Gasteiger partial charge in [0.25, 0.3) is 10.0 Å². The summed E-state index contributed by atoms with van der Waals surface area (Å²) in [5, 5.41) is 2.74. The first-order chi connectivity index (χ1) is 16.6. The van der Waals surface area contributed by atoms with Gasteiger partial charge in [-0.15, -0.1) is 0 Å². The van der Waals surface area contributed by atoms with Crippen molar-refractivity contribution in [3.63, 3.8) is 0 Å². The molecule has 0 heterocycles. The summed E-state index contributed by atoms with van der Waals surface area (Å²) in [6.07, 6.45) is 0. The number of methoxy groups -OCH3 is 3. The molecule has 0 spiro atoms. The van der Waals surface area contributed by atoms with Crippen LogP contribution in [0.1, 0.15) is 16.7 Å². The summed E-state index contributed by atoms with van der Waals surface area (Å²) < 4.78 is 44.8. The third-order valence-electron chi connectivity index (χ3n) is 5.63. The Labute approximate surface area is 206 Å². The first-order valence-corrected chi connectivity index (χ1v) is 12.3. The molecule has 35 heavy (non-hydrogen) atoms. The molecule has 3 aromatic rings. The molecule has 0 saturated heterocycles. The molecule has 0 fully saturated rings. The molecule has 0 aliphatic rings. The Hall–Kier alpha value is -3.72. The minimum absolute atomic E-state index is 0.0232. The van der Waals surface area contributed by atoms with Crippen LogP contribution < -0.4 is 23.8 Å². The SMILES string of the molecule is COc1ccc(OC)c(NC(=O)CN(c2ccc(C)c(C)c2)S(=O)(=O)c2cc(C)ccc2OC)c1. The summed E-state index contributed by atoms with van der Waals surface area (Å²) in [6, 6.07) is 15.1. The topological polar surface area (TPSA) is 94.2 Å². The van der Waals surface area contributed by atoms with E-state index in [0.717, 1.165) is 21.0 Å². The smallest absolute Gasteiger partial charge is 0.268 e. The van der Waals surface area contributed by atoms with E-state index in [2.05, 4.69) is 5.32 Å². The molecule has 8 nitrogen and oxygen atoms in total. The number of sulfonamides is 1. The molecular weight excluding hydrogens is 468 g/mol. The van der Waals surface area contributed by atoms with Crippen LogP contribution in [0.3, 0.4) is 0 Å². The molecule has 0 radical (unpaired) electrons. The number of aryl methyl sites for hydroxylation is 3. The molecule has 0 unspecified atom stereocenters. The van der Waals surface area contributed by atoms with Crippen molar-refractivity contribution in [2.24, 2.45) is 0 Å². The fourth-order valence-corrected chi connectivity index (χ4v) is 5.19. The number of carbonyl (C=O) groups excluding carboxylic acids is 1. The van der Waals surface area contributed by atoms with E-state index in [1.54, 1.807) is 49.4 Å².